The van der Waals surface area contributed by atoms with Gasteiger partial charge in [-0.3, -0.25) is 0 Å². The SMILES string of the molecule is CN(C)C=Nc1ccc(O)c(OC2CCN(C)CC2(F)F)c1C#N. The molecule has 0 spiro atoms. The lowest BCUT2D eigenvalue weighted by atomic mass is 10.0. The number of aromatic hydroxyl groups is 1. The van der Waals surface area contributed by atoms with E-state index >= 15 is 0 Å². The number of nitriles is 1. The van der Waals surface area contributed by atoms with Crippen LogP contribution < -0.4 is 4.74 Å². The first-order chi connectivity index (χ1) is 11.2. The number of phenols is 1. The van der Waals surface area contributed by atoms with Gasteiger partial charge in [-0.15, -0.1) is 0 Å². The smallest absolute Gasteiger partial charge is 0.296 e. The van der Waals surface area contributed by atoms with Crippen LogP contribution in [0.3, 0.4) is 0 Å². The fraction of sp³-hybridized carbons (Fsp3) is 0.500. The maximum atomic E-state index is 14.2. The first kappa shape index (κ1) is 17.9. The van der Waals surface area contributed by atoms with Gasteiger partial charge < -0.3 is 19.6 Å². The summed E-state index contributed by atoms with van der Waals surface area (Å²) in [6, 6.07) is 4.60. The van der Waals surface area contributed by atoms with Gasteiger partial charge in [0.15, 0.2) is 17.6 Å². The molecular weight excluding hydrogens is 318 g/mol. The number of benzene rings is 1. The van der Waals surface area contributed by atoms with Crippen LogP contribution in [-0.4, -0.2) is 67.5 Å². The molecule has 6 nitrogen and oxygen atoms in total. The summed E-state index contributed by atoms with van der Waals surface area (Å²) in [5, 5.41) is 19.3. The first-order valence-corrected chi connectivity index (χ1v) is 7.44. The fourth-order valence-corrected chi connectivity index (χ4v) is 2.45. The maximum Gasteiger partial charge on any atom is 0.296 e. The van der Waals surface area contributed by atoms with Gasteiger partial charge in [-0.1, -0.05) is 0 Å². The van der Waals surface area contributed by atoms with Crippen molar-refractivity contribution in [3.63, 3.8) is 0 Å². The van der Waals surface area contributed by atoms with E-state index in [1.165, 1.54) is 23.4 Å². The molecule has 1 aromatic rings. The van der Waals surface area contributed by atoms with Crippen LogP contribution in [0.1, 0.15) is 12.0 Å². The number of hydrogen-bond acceptors (Lipinski definition) is 5. The number of phenolic OH excluding ortho intramolecular Hbond substituents is 1. The van der Waals surface area contributed by atoms with Crippen LogP contribution in [0.5, 0.6) is 11.5 Å². The van der Waals surface area contributed by atoms with Crippen molar-refractivity contribution < 1.29 is 18.6 Å². The molecule has 1 aliphatic rings. The Morgan fingerprint density at radius 2 is 2.21 bits per heavy atom. The van der Waals surface area contributed by atoms with Gasteiger partial charge in [0.05, 0.1) is 18.6 Å². The predicted molar refractivity (Wildman–Crippen MR) is 86.1 cm³/mol. The zero-order valence-corrected chi connectivity index (χ0v) is 13.8. The van der Waals surface area contributed by atoms with E-state index in [-0.39, 0.29) is 29.2 Å². The van der Waals surface area contributed by atoms with E-state index < -0.39 is 18.6 Å². The second-order valence-corrected chi connectivity index (χ2v) is 6.02. The topological polar surface area (TPSA) is 72.1 Å². The van der Waals surface area contributed by atoms with Crippen LogP contribution in [0, 0.1) is 11.3 Å². The molecule has 0 aliphatic carbocycles. The number of alkyl halides is 2. The van der Waals surface area contributed by atoms with Crippen LogP contribution >= 0.6 is 0 Å². The Labute approximate surface area is 139 Å². The van der Waals surface area contributed by atoms with Crippen LogP contribution in [0.4, 0.5) is 14.5 Å². The average molecular weight is 338 g/mol. The molecule has 1 N–H and O–H groups in total. The van der Waals surface area contributed by atoms with Gasteiger partial charge in [0.1, 0.15) is 11.6 Å². The minimum atomic E-state index is -3.07. The van der Waals surface area contributed by atoms with Crippen molar-refractivity contribution in [2.75, 3.05) is 34.2 Å². The molecule has 1 unspecified atom stereocenters. The quantitative estimate of drug-likeness (QED) is 0.673. The number of aliphatic imine (C=N–C) groups is 1. The van der Waals surface area contributed by atoms with E-state index in [9.17, 15) is 19.1 Å². The number of ether oxygens (including phenoxy) is 1. The van der Waals surface area contributed by atoms with Gasteiger partial charge in [0.25, 0.3) is 5.92 Å². The monoisotopic (exact) mass is 338 g/mol. The summed E-state index contributed by atoms with van der Waals surface area (Å²) in [6.45, 7) is 0.0141. The lowest BCUT2D eigenvalue weighted by Crippen LogP contribution is -2.52. The summed E-state index contributed by atoms with van der Waals surface area (Å²) in [6.07, 6.45) is 0.167. The lowest BCUT2D eigenvalue weighted by Gasteiger charge is -2.36. The fourth-order valence-electron chi connectivity index (χ4n) is 2.45. The van der Waals surface area contributed by atoms with Crippen LogP contribution in [0.25, 0.3) is 0 Å². The third-order valence-electron chi connectivity index (χ3n) is 3.64. The Hall–Kier alpha value is -2.40. The lowest BCUT2D eigenvalue weighted by molar-refractivity contribution is -0.135. The summed E-state index contributed by atoms with van der Waals surface area (Å²) in [5.41, 5.74) is 0.179. The molecule has 0 radical (unpaired) electrons. The Bertz CT molecular complexity index is 671. The summed E-state index contributed by atoms with van der Waals surface area (Å²) in [7, 11) is 5.12. The van der Waals surface area contributed by atoms with Crippen LogP contribution in [-0.2, 0) is 0 Å². The highest BCUT2D eigenvalue weighted by atomic mass is 19.3. The van der Waals surface area contributed by atoms with E-state index in [0.29, 0.717) is 6.54 Å². The van der Waals surface area contributed by atoms with E-state index in [4.69, 9.17) is 4.74 Å². The second kappa shape index (κ2) is 7.01. The van der Waals surface area contributed by atoms with E-state index in [2.05, 4.69) is 4.99 Å². The molecule has 1 saturated heterocycles. The first-order valence-electron chi connectivity index (χ1n) is 7.44. The van der Waals surface area contributed by atoms with Crippen molar-refractivity contribution >= 4 is 12.0 Å². The third-order valence-corrected chi connectivity index (χ3v) is 3.64. The Morgan fingerprint density at radius 1 is 1.50 bits per heavy atom. The number of halogens is 2. The van der Waals surface area contributed by atoms with Gasteiger partial charge in [0, 0.05) is 27.1 Å². The Balaban J connectivity index is 2.36. The summed E-state index contributed by atoms with van der Waals surface area (Å²) < 4.78 is 33.7. The van der Waals surface area contributed by atoms with Gasteiger partial charge in [-0.05, 0) is 19.2 Å². The van der Waals surface area contributed by atoms with Crippen molar-refractivity contribution in [3.05, 3.63) is 17.7 Å². The molecule has 1 atom stereocenters. The van der Waals surface area contributed by atoms with E-state index in [0.717, 1.165) is 0 Å². The molecule has 0 saturated carbocycles. The van der Waals surface area contributed by atoms with Crippen LogP contribution in [0.15, 0.2) is 17.1 Å². The largest absolute Gasteiger partial charge is 0.504 e. The van der Waals surface area contributed by atoms with Crippen molar-refractivity contribution in [1.82, 2.24) is 9.80 Å². The van der Waals surface area contributed by atoms with Crippen molar-refractivity contribution in [2.24, 2.45) is 4.99 Å². The molecule has 0 aromatic heterocycles. The van der Waals surface area contributed by atoms with Gasteiger partial charge in [-0.25, -0.2) is 13.8 Å². The molecule has 1 aromatic carbocycles. The van der Waals surface area contributed by atoms with Gasteiger partial charge in [0.2, 0.25) is 0 Å². The van der Waals surface area contributed by atoms with Gasteiger partial charge in [-0.2, -0.15) is 5.26 Å². The highest BCUT2D eigenvalue weighted by Gasteiger charge is 2.46. The maximum absolute atomic E-state index is 14.2. The normalized spacial score (nSPS) is 20.8. The summed E-state index contributed by atoms with van der Waals surface area (Å²) >= 11 is 0. The van der Waals surface area contributed by atoms with Crippen molar-refractivity contribution in [1.29, 1.82) is 5.26 Å². The molecule has 24 heavy (non-hydrogen) atoms. The molecule has 1 heterocycles. The molecule has 1 aliphatic heterocycles. The summed E-state index contributed by atoms with van der Waals surface area (Å²) in [4.78, 5) is 7.29. The zero-order valence-electron chi connectivity index (χ0n) is 13.8. The molecule has 1 fully saturated rings. The zero-order chi connectivity index (χ0) is 17.9. The molecule has 130 valence electrons. The minimum Gasteiger partial charge on any atom is -0.504 e. The third kappa shape index (κ3) is 3.92. The number of nitrogens with zero attached hydrogens (tertiary/aromatic N) is 4. The molecule has 0 bridgehead atoms. The van der Waals surface area contributed by atoms with E-state index in [1.807, 2.05) is 6.07 Å². The number of likely N-dealkylation sites (tertiary alicyclic amines) is 1. The number of hydrogen-bond donors (Lipinski definition) is 1. The number of piperidine rings is 1. The highest BCUT2D eigenvalue weighted by molar-refractivity contribution is 5.70. The van der Waals surface area contributed by atoms with Crippen molar-refractivity contribution in [3.8, 4) is 17.6 Å². The predicted octanol–water partition coefficient (Wildman–Crippen LogP) is 2.20. The average Bonchev–Trinajstić information content (AvgIpc) is 2.49. The highest BCUT2D eigenvalue weighted by Crippen LogP contribution is 2.40. The second-order valence-electron chi connectivity index (χ2n) is 6.02. The number of rotatable bonds is 4. The van der Waals surface area contributed by atoms with E-state index in [1.54, 1.807) is 26.0 Å². The van der Waals surface area contributed by atoms with Gasteiger partial charge >= 0.3 is 0 Å². The summed E-state index contributed by atoms with van der Waals surface area (Å²) in [5.74, 6) is -3.68. The molecule has 0 amide bonds. The molecule has 2 rings (SSSR count). The Kier molecular flexibility index (Phi) is 5.24. The standard InChI is InChI=1S/C16H20F2N4O2/c1-21(2)10-20-12-4-5-13(23)15(11(12)8-19)24-14-6-7-22(3)9-16(14,17)18/h4-5,10,14,23H,6-7,9H2,1-3H3. The minimum absolute atomic E-state index is 0.0668. The Morgan fingerprint density at radius 3 is 2.79 bits per heavy atom. The van der Waals surface area contributed by atoms with Crippen molar-refractivity contribution in [2.45, 2.75) is 18.4 Å². The molecule has 8 heteroatoms. The van der Waals surface area contributed by atoms with Crippen LogP contribution in [0.2, 0.25) is 0 Å². The molecular formula is C16H20F2N4O2.